The molecular weight excluding hydrogens is 280 g/mol. The quantitative estimate of drug-likeness (QED) is 0.818. The Kier molecular flexibility index (Phi) is 4.78. The van der Waals surface area contributed by atoms with Gasteiger partial charge in [0.05, 0.1) is 18.3 Å². The molecule has 0 bridgehead atoms. The maximum Gasteiger partial charge on any atom is 0.240 e. The van der Waals surface area contributed by atoms with E-state index in [1.54, 1.807) is 7.11 Å². The van der Waals surface area contributed by atoms with Crippen molar-refractivity contribution in [3.63, 3.8) is 0 Å². The summed E-state index contributed by atoms with van der Waals surface area (Å²) in [7, 11) is 1.74. The first-order chi connectivity index (χ1) is 10.7. The number of likely N-dealkylation sites (tertiary alicyclic amines) is 2. The minimum atomic E-state index is -0.0481. The number of hydrogen-bond donors (Lipinski definition) is 0. The summed E-state index contributed by atoms with van der Waals surface area (Å²) in [5.74, 6) is 0.278. The maximum atomic E-state index is 12.8. The predicted molar refractivity (Wildman–Crippen MR) is 83.3 cm³/mol. The van der Waals surface area contributed by atoms with Gasteiger partial charge in [0.2, 0.25) is 5.91 Å². The Bertz CT molecular complexity index is 510. The van der Waals surface area contributed by atoms with Gasteiger partial charge in [-0.2, -0.15) is 5.10 Å². The molecule has 0 aliphatic carbocycles. The third kappa shape index (κ3) is 3.17. The predicted octanol–water partition coefficient (Wildman–Crippen LogP) is 1.11. The summed E-state index contributed by atoms with van der Waals surface area (Å²) in [4.78, 5) is 17.1. The van der Waals surface area contributed by atoms with E-state index in [1.807, 2.05) is 15.8 Å². The average Bonchev–Trinajstić information content (AvgIpc) is 3.27. The smallest absolute Gasteiger partial charge is 0.240 e. The molecule has 3 heterocycles. The van der Waals surface area contributed by atoms with Gasteiger partial charge in [0, 0.05) is 51.6 Å². The summed E-state index contributed by atoms with van der Waals surface area (Å²) in [6.07, 6.45) is 7.19. The van der Waals surface area contributed by atoms with Crippen molar-refractivity contribution in [3.05, 3.63) is 18.0 Å². The molecule has 1 aromatic rings. The zero-order valence-electron chi connectivity index (χ0n) is 13.6. The molecule has 3 rings (SSSR count). The molecule has 0 unspecified atom stereocenters. The number of ether oxygens (including phenoxy) is 1. The van der Waals surface area contributed by atoms with E-state index in [4.69, 9.17) is 4.74 Å². The first kappa shape index (κ1) is 15.5. The normalized spacial score (nSPS) is 26.0. The van der Waals surface area contributed by atoms with Crippen LogP contribution >= 0.6 is 0 Å². The molecule has 122 valence electrons. The Morgan fingerprint density at radius 2 is 2.18 bits per heavy atom. The van der Waals surface area contributed by atoms with Gasteiger partial charge in [-0.3, -0.25) is 14.4 Å². The lowest BCUT2D eigenvalue weighted by molar-refractivity contribution is -0.135. The van der Waals surface area contributed by atoms with Crippen LogP contribution in [0.25, 0.3) is 0 Å². The van der Waals surface area contributed by atoms with Crippen molar-refractivity contribution in [2.45, 2.75) is 51.4 Å². The molecule has 1 amide bonds. The van der Waals surface area contributed by atoms with Gasteiger partial charge in [-0.1, -0.05) is 0 Å². The monoisotopic (exact) mass is 306 g/mol. The molecular formula is C16H26N4O2. The van der Waals surface area contributed by atoms with Crippen molar-refractivity contribution >= 4 is 5.91 Å². The van der Waals surface area contributed by atoms with Crippen LogP contribution in [0.2, 0.25) is 0 Å². The van der Waals surface area contributed by atoms with Gasteiger partial charge in [-0.05, 0) is 26.2 Å². The number of hydrogen-bond acceptors (Lipinski definition) is 4. The number of carbonyl (C=O) groups excluding carboxylic acids is 1. The van der Waals surface area contributed by atoms with Gasteiger partial charge in [0.1, 0.15) is 0 Å². The molecule has 0 aromatic carbocycles. The Morgan fingerprint density at radius 1 is 1.41 bits per heavy atom. The number of methoxy groups -OCH3 is 1. The highest BCUT2D eigenvalue weighted by Crippen LogP contribution is 2.25. The summed E-state index contributed by atoms with van der Waals surface area (Å²) in [6.45, 7) is 6.36. The zero-order chi connectivity index (χ0) is 15.5. The largest absolute Gasteiger partial charge is 0.380 e. The minimum Gasteiger partial charge on any atom is -0.380 e. The van der Waals surface area contributed by atoms with Crippen LogP contribution in [-0.2, 0) is 22.6 Å². The van der Waals surface area contributed by atoms with Gasteiger partial charge in [-0.25, -0.2) is 0 Å². The standard InChI is InChI=1S/C16H26N4O2/c1-3-20-11-13(9-17-20)10-19-12-14(22-2)8-15(19)16(21)18-6-4-5-7-18/h9,11,14-15H,3-8,10,12H2,1-2H3/t14-,15-/m0/s1. The van der Waals surface area contributed by atoms with E-state index in [-0.39, 0.29) is 18.1 Å². The van der Waals surface area contributed by atoms with Gasteiger partial charge in [0.25, 0.3) is 0 Å². The summed E-state index contributed by atoms with van der Waals surface area (Å²) in [6, 6.07) is -0.0481. The Balaban J connectivity index is 1.69. The first-order valence-electron chi connectivity index (χ1n) is 8.28. The second-order valence-electron chi connectivity index (χ2n) is 6.28. The number of aryl methyl sites for hydroxylation is 1. The molecule has 2 aliphatic rings. The molecule has 1 aromatic heterocycles. The van der Waals surface area contributed by atoms with Crippen LogP contribution in [0.15, 0.2) is 12.4 Å². The van der Waals surface area contributed by atoms with Crippen LogP contribution in [-0.4, -0.2) is 64.4 Å². The van der Waals surface area contributed by atoms with E-state index in [0.29, 0.717) is 0 Å². The molecule has 0 spiro atoms. The summed E-state index contributed by atoms with van der Waals surface area (Å²) >= 11 is 0. The lowest BCUT2D eigenvalue weighted by Gasteiger charge is -2.27. The van der Waals surface area contributed by atoms with Crippen LogP contribution in [0.4, 0.5) is 0 Å². The molecule has 0 saturated carbocycles. The number of amides is 1. The zero-order valence-corrected chi connectivity index (χ0v) is 13.6. The summed E-state index contributed by atoms with van der Waals surface area (Å²) < 4.78 is 7.44. The van der Waals surface area contributed by atoms with Crippen LogP contribution in [0.5, 0.6) is 0 Å². The fraction of sp³-hybridized carbons (Fsp3) is 0.750. The average molecular weight is 306 g/mol. The minimum absolute atomic E-state index is 0.0481. The Hall–Kier alpha value is -1.40. The molecule has 0 N–H and O–H groups in total. The van der Waals surface area contributed by atoms with Gasteiger partial charge < -0.3 is 9.64 Å². The van der Waals surface area contributed by atoms with Crippen LogP contribution in [0, 0.1) is 0 Å². The van der Waals surface area contributed by atoms with Crippen molar-refractivity contribution in [1.29, 1.82) is 0 Å². The number of nitrogens with zero attached hydrogens (tertiary/aromatic N) is 4. The van der Waals surface area contributed by atoms with Gasteiger partial charge >= 0.3 is 0 Å². The van der Waals surface area contributed by atoms with Crippen molar-refractivity contribution in [3.8, 4) is 0 Å². The highest BCUT2D eigenvalue weighted by Gasteiger charge is 2.39. The first-order valence-corrected chi connectivity index (χ1v) is 8.28. The second kappa shape index (κ2) is 6.79. The number of rotatable bonds is 5. The molecule has 22 heavy (non-hydrogen) atoms. The van der Waals surface area contributed by atoms with Crippen molar-refractivity contribution < 1.29 is 9.53 Å². The van der Waals surface area contributed by atoms with Crippen molar-refractivity contribution in [2.24, 2.45) is 0 Å². The topological polar surface area (TPSA) is 50.6 Å². The van der Waals surface area contributed by atoms with Crippen molar-refractivity contribution in [1.82, 2.24) is 19.6 Å². The number of aromatic nitrogens is 2. The molecule has 0 radical (unpaired) electrons. The fourth-order valence-corrected chi connectivity index (χ4v) is 3.51. The highest BCUT2D eigenvalue weighted by molar-refractivity contribution is 5.82. The maximum absolute atomic E-state index is 12.8. The lowest BCUT2D eigenvalue weighted by Crippen LogP contribution is -2.44. The van der Waals surface area contributed by atoms with Crippen molar-refractivity contribution in [2.75, 3.05) is 26.7 Å². The van der Waals surface area contributed by atoms with E-state index in [1.165, 1.54) is 0 Å². The van der Waals surface area contributed by atoms with Crippen LogP contribution < -0.4 is 0 Å². The van der Waals surface area contributed by atoms with Crippen LogP contribution in [0.3, 0.4) is 0 Å². The molecule has 6 nitrogen and oxygen atoms in total. The molecule has 2 fully saturated rings. The fourth-order valence-electron chi connectivity index (χ4n) is 3.51. The summed E-state index contributed by atoms with van der Waals surface area (Å²) in [5, 5.41) is 4.33. The SMILES string of the molecule is CCn1cc(CN2C[C@@H](OC)C[C@H]2C(=O)N2CCCC2)cn1. The number of carbonyl (C=O) groups is 1. The third-order valence-corrected chi connectivity index (χ3v) is 4.80. The Labute approximate surface area is 132 Å². The third-order valence-electron chi connectivity index (χ3n) is 4.80. The summed E-state index contributed by atoms with van der Waals surface area (Å²) in [5.41, 5.74) is 1.16. The van der Waals surface area contributed by atoms with Gasteiger partial charge in [0.15, 0.2) is 0 Å². The molecule has 2 aliphatic heterocycles. The second-order valence-corrected chi connectivity index (χ2v) is 6.28. The molecule has 6 heteroatoms. The van der Waals surface area contributed by atoms with Crippen LogP contribution in [0.1, 0.15) is 31.7 Å². The molecule has 2 saturated heterocycles. The van der Waals surface area contributed by atoms with E-state index in [0.717, 1.165) is 57.5 Å². The van der Waals surface area contributed by atoms with E-state index in [9.17, 15) is 4.79 Å². The van der Waals surface area contributed by atoms with E-state index >= 15 is 0 Å². The Morgan fingerprint density at radius 3 is 2.82 bits per heavy atom. The highest BCUT2D eigenvalue weighted by atomic mass is 16.5. The van der Waals surface area contributed by atoms with E-state index < -0.39 is 0 Å². The molecule has 2 atom stereocenters. The van der Waals surface area contributed by atoms with Gasteiger partial charge in [-0.15, -0.1) is 0 Å². The van der Waals surface area contributed by atoms with E-state index in [2.05, 4.69) is 23.1 Å². The lowest BCUT2D eigenvalue weighted by atomic mass is 10.1.